The molecule has 3 nitrogen and oxygen atoms in total. The Bertz CT molecular complexity index is 190. The van der Waals surface area contributed by atoms with Gasteiger partial charge in [0.25, 0.3) is 0 Å². The molecule has 2 rings (SSSR count). The van der Waals surface area contributed by atoms with Gasteiger partial charge < -0.3 is 10.6 Å². The maximum atomic E-state index is 7.39. The molecule has 1 saturated heterocycles. The molecule has 1 heterocycles. The average Bonchev–Trinajstić information content (AvgIpc) is 2.02. The molecule has 0 aromatic carbocycles. The molecule has 2 fully saturated rings. The second-order valence-electron chi connectivity index (χ2n) is 4.35. The molecule has 13 heavy (non-hydrogen) atoms. The number of nitrogens with zero attached hydrogens (tertiary/aromatic N) is 1. The van der Waals surface area contributed by atoms with Gasteiger partial charge in [0.15, 0.2) is 0 Å². The van der Waals surface area contributed by atoms with E-state index in [1.165, 1.54) is 32.4 Å². The molecule has 74 valence electrons. The van der Waals surface area contributed by atoms with Gasteiger partial charge >= 0.3 is 0 Å². The SMILES string of the molecule is N=C(N)C1CCC(N2CCC2)CC1. The van der Waals surface area contributed by atoms with Gasteiger partial charge in [0.1, 0.15) is 0 Å². The lowest BCUT2D eigenvalue weighted by Crippen LogP contribution is -2.47. The third-order valence-corrected chi connectivity index (χ3v) is 3.54. The van der Waals surface area contributed by atoms with Crippen molar-refractivity contribution in [3.05, 3.63) is 0 Å². The highest BCUT2D eigenvalue weighted by Gasteiger charge is 2.29. The predicted molar refractivity (Wildman–Crippen MR) is 53.9 cm³/mol. The van der Waals surface area contributed by atoms with Crippen LogP contribution < -0.4 is 5.73 Å². The molecule has 0 unspecified atom stereocenters. The Kier molecular flexibility index (Phi) is 2.54. The van der Waals surface area contributed by atoms with Crippen molar-refractivity contribution in [3.63, 3.8) is 0 Å². The van der Waals surface area contributed by atoms with Crippen LogP contribution >= 0.6 is 0 Å². The fourth-order valence-electron chi connectivity index (χ4n) is 2.46. The van der Waals surface area contributed by atoms with Gasteiger partial charge in [-0.05, 0) is 45.2 Å². The van der Waals surface area contributed by atoms with Gasteiger partial charge in [0, 0.05) is 12.0 Å². The van der Waals surface area contributed by atoms with Crippen LogP contribution in [0.25, 0.3) is 0 Å². The summed E-state index contributed by atoms with van der Waals surface area (Å²) in [5, 5.41) is 7.39. The molecule has 0 radical (unpaired) electrons. The normalized spacial score (nSPS) is 35.4. The van der Waals surface area contributed by atoms with Crippen molar-refractivity contribution in [1.29, 1.82) is 5.41 Å². The Morgan fingerprint density at radius 2 is 1.77 bits per heavy atom. The van der Waals surface area contributed by atoms with E-state index in [0.717, 1.165) is 18.9 Å². The van der Waals surface area contributed by atoms with E-state index in [1.54, 1.807) is 0 Å². The van der Waals surface area contributed by atoms with Crippen LogP contribution in [0.2, 0.25) is 0 Å². The second kappa shape index (κ2) is 3.66. The van der Waals surface area contributed by atoms with Gasteiger partial charge in [-0.2, -0.15) is 0 Å². The zero-order valence-corrected chi connectivity index (χ0v) is 8.13. The monoisotopic (exact) mass is 181 g/mol. The Morgan fingerprint density at radius 1 is 1.15 bits per heavy atom. The summed E-state index contributed by atoms with van der Waals surface area (Å²) in [5.41, 5.74) is 5.50. The Hall–Kier alpha value is -0.570. The largest absolute Gasteiger partial charge is 0.387 e. The average molecular weight is 181 g/mol. The number of nitrogens with one attached hydrogen (secondary N) is 1. The smallest absolute Gasteiger partial charge is 0.0936 e. The number of likely N-dealkylation sites (tertiary alicyclic amines) is 1. The fourth-order valence-corrected chi connectivity index (χ4v) is 2.46. The first-order valence-electron chi connectivity index (χ1n) is 5.35. The molecule has 0 aromatic heterocycles. The molecule has 0 atom stereocenters. The van der Waals surface area contributed by atoms with E-state index in [0.29, 0.717) is 11.8 Å². The van der Waals surface area contributed by atoms with Crippen LogP contribution in [0.15, 0.2) is 0 Å². The van der Waals surface area contributed by atoms with Crippen LogP contribution in [0.3, 0.4) is 0 Å². The van der Waals surface area contributed by atoms with Crippen molar-refractivity contribution in [2.75, 3.05) is 13.1 Å². The maximum Gasteiger partial charge on any atom is 0.0936 e. The van der Waals surface area contributed by atoms with E-state index in [4.69, 9.17) is 11.1 Å². The first-order chi connectivity index (χ1) is 6.27. The van der Waals surface area contributed by atoms with Crippen LogP contribution in [-0.4, -0.2) is 29.9 Å². The molecule has 1 aliphatic carbocycles. The Morgan fingerprint density at radius 3 is 2.15 bits per heavy atom. The summed E-state index contributed by atoms with van der Waals surface area (Å²) in [4.78, 5) is 2.58. The van der Waals surface area contributed by atoms with Gasteiger partial charge in [-0.25, -0.2) is 0 Å². The molecular weight excluding hydrogens is 162 g/mol. The standard InChI is InChI=1S/C10H19N3/c11-10(12)8-2-4-9(5-3-8)13-6-1-7-13/h8-9H,1-7H2,(H3,11,12). The summed E-state index contributed by atoms with van der Waals surface area (Å²) in [6.07, 6.45) is 6.16. The Balaban J connectivity index is 1.78. The van der Waals surface area contributed by atoms with Crippen molar-refractivity contribution in [1.82, 2.24) is 4.90 Å². The molecule has 0 bridgehead atoms. The first-order valence-corrected chi connectivity index (χ1v) is 5.35. The van der Waals surface area contributed by atoms with Crippen molar-refractivity contribution in [3.8, 4) is 0 Å². The summed E-state index contributed by atoms with van der Waals surface area (Å²) in [5.74, 6) is 0.791. The lowest BCUT2D eigenvalue weighted by Gasteiger charge is -2.41. The quantitative estimate of drug-likeness (QED) is 0.496. The minimum absolute atomic E-state index is 0.387. The lowest BCUT2D eigenvalue weighted by atomic mass is 9.84. The second-order valence-corrected chi connectivity index (χ2v) is 4.35. The molecule has 3 N–H and O–H groups in total. The van der Waals surface area contributed by atoms with Gasteiger partial charge in [-0.15, -0.1) is 0 Å². The molecule has 2 aliphatic rings. The number of hydrogen-bond acceptors (Lipinski definition) is 2. The van der Waals surface area contributed by atoms with Gasteiger partial charge in [0.05, 0.1) is 5.84 Å². The predicted octanol–water partition coefficient (Wildman–Crippen LogP) is 1.19. The van der Waals surface area contributed by atoms with Gasteiger partial charge in [-0.1, -0.05) is 0 Å². The highest BCUT2D eigenvalue weighted by atomic mass is 15.2. The van der Waals surface area contributed by atoms with E-state index in [-0.39, 0.29) is 0 Å². The molecule has 3 heteroatoms. The third-order valence-electron chi connectivity index (χ3n) is 3.54. The van der Waals surface area contributed by atoms with Crippen LogP contribution in [-0.2, 0) is 0 Å². The molecule has 0 spiro atoms. The highest BCUT2D eigenvalue weighted by molar-refractivity contribution is 5.79. The lowest BCUT2D eigenvalue weighted by molar-refractivity contribution is 0.0858. The summed E-state index contributed by atoms with van der Waals surface area (Å²) in [6, 6.07) is 0.810. The summed E-state index contributed by atoms with van der Waals surface area (Å²) < 4.78 is 0. The minimum atomic E-state index is 0.387. The molecular formula is C10H19N3. The molecule has 1 saturated carbocycles. The van der Waals surface area contributed by atoms with Gasteiger partial charge in [0.2, 0.25) is 0 Å². The number of hydrogen-bond donors (Lipinski definition) is 2. The van der Waals surface area contributed by atoms with E-state index >= 15 is 0 Å². The van der Waals surface area contributed by atoms with Crippen molar-refractivity contribution in [2.24, 2.45) is 11.7 Å². The number of nitrogens with two attached hydrogens (primary N) is 1. The topological polar surface area (TPSA) is 53.1 Å². The van der Waals surface area contributed by atoms with E-state index in [1.807, 2.05) is 0 Å². The Labute approximate surface area is 79.8 Å². The van der Waals surface area contributed by atoms with Gasteiger partial charge in [-0.3, -0.25) is 5.41 Å². The van der Waals surface area contributed by atoms with Crippen molar-refractivity contribution in [2.45, 2.75) is 38.1 Å². The van der Waals surface area contributed by atoms with E-state index < -0.39 is 0 Å². The van der Waals surface area contributed by atoms with Crippen LogP contribution in [0.5, 0.6) is 0 Å². The summed E-state index contributed by atoms with van der Waals surface area (Å²) >= 11 is 0. The first kappa shape index (κ1) is 9.00. The summed E-state index contributed by atoms with van der Waals surface area (Å²) in [7, 11) is 0. The van der Waals surface area contributed by atoms with E-state index in [9.17, 15) is 0 Å². The van der Waals surface area contributed by atoms with Crippen LogP contribution in [0.4, 0.5) is 0 Å². The molecule has 0 amide bonds. The van der Waals surface area contributed by atoms with Crippen molar-refractivity contribution < 1.29 is 0 Å². The third kappa shape index (κ3) is 1.85. The van der Waals surface area contributed by atoms with Crippen LogP contribution in [0, 0.1) is 11.3 Å². The zero-order chi connectivity index (χ0) is 9.26. The number of rotatable bonds is 2. The maximum absolute atomic E-state index is 7.39. The zero-order valence-electron chi connectivity index (χ0n) is 8.13. The van der Waals surface area contributed by atoms with Crippen molar-refractivity contribution >= 4 is 5.84 Å². The number of amidine groups is 1. The molecule has 1 aliphatic heterocycles. The fraction of sp³-hybridized carbons (Fsp3) is 0.900. The van der Waals surface area contributed by atoms with Crippen LogP contribution in [0.1, 0.15) is 32.1 Å². The highest BCUT2D eigenvalue weighted by Crippen LogP contribution is 2.29. The minimum Gasteiger partial charge on any atom is -0.387 e. The van der Waals surface area contributed by atoms with E-state index in [2.05, 4.69) is 4.90 Å². The molecule has 0 aromatic rings. The summed E-state index contributed by atoms with van der Waals surface area (Å²) in [6.45, 7) is 2.60.